The number of quaternary nitrogens is 1. The second-order valence-corrected chi connectivity index (χ2v) is 4.81. The van der Waals surface area contributed by atoms with E-state index >= 15 is 0 Å². The molecule has 0 rings (SSSR count). The first-order valence-corrected chi connectivity index (χ1v) is 5.43. The standard InChI is InChI=1S/C11H21NO4/c1-5-12(3,4)11(2,10(15)16)8-6-7-9(13)14/h5-8H2,1-4H3,(H-,13,14,15,16). The highest BCUT2D eigenvalue weighted by atomic mass is 16.4. The molecule has 0 aliphatic rings. The van der Waals surface area contributed by atoms with Gasteiger partial charge in [0, 0.05) is 12.8 Å². The van der Waals surface area contributed by atoms with E-state index < -0.39 is 17.5 Å². The Hall–Kier alpha value is -1.10. The van der Waals surface area contributed by atoms with Crippen LogP contribution in [0, 0.1) is 0 Å². The Morgan fingerprint density at radius 2 is 1.88 bits per heavy atom. The number of aliphatic carboxylic acids is 2. The van der Waals surface area contributed by atoms with Gasteiger partial charge in [0.15, 0.2) is 0 Å². The van der Waals surface area contributed by atoms with Crippen LogP contribution in [-0.2, 0) is 9.59 Å². The molecule has 5 nitrogen and oxygen atoms in total. The zero-order valence-corrected chi connectivity index (χ0v) is 10.4. The van der Waals surface area contributed by atoms with Crippen molar-refractivity contribution in [2.75, 3.05) is 20.6 Å². The predicted octanol–water partition coefficient (Wildman–Crippen LogP) is -0.154. The molecule has 0 bridgehead atoms. The van der Waals surface area contributed by atoms with Gasteiger partial charge in [0.1, 0.15) is 11.5 Å². The van der Waals surface area contributed by atoms with Crippen LogP contribution in [0.2, 0.25) is 0 Å². The highest BCUT2D eigenvalue weighted by Crippen LogP contribution is 2.26. The average Bonchev–Trinajstić information content (AvgIpc) is 2.16. The van der Waals surface area contributed by atoms with E-state index in [2.05, 4.69) is 0 Å². The molecule has 0 aliphatic heterocycles. The van der Waals surface area contributed by atoms with Crippen molar-refractivity contribution in [2.24, 2.45) is 0 Å². The van der Waals surface area contributed by atoms with Crippen molar-refractivity contribution in [2.45, 2.75) is 38.6 Å². The summed E-state index contributed by atoms with van der Waals surface area (Å²) in [5.74, 6) is -2.02. The molecule has 94 valence electrons. The Morgan fingerprint density at radius 1 is 1.38 bits per heavy atom. The van der Waals surface area contributed by atoms with Crippen LogP contribution in [0.4, 0.5) is 0 Å². The van der Waals surface area contributed by atoms with E-state index in [-0.39, 0.29) is 10.9 Å². The summed E-state index contributed by atoms with van der Waals surface area (Å²) in [6.45, 7) is 4.17. The summed E-state index contributed by atoms with van der Waals surface area (Å²) in [7, 11) is 3.63. The van der Waals surface area contributed by atoms with Gasteiger partial charge in [-0.05, 0) is 20.3 Å². The third-order valence-electron chi connectivity index (χ3n) is 3.62. The van der Waals surface area contributed by atoms with E-state index in [4.69, 9.17) is 5.11 Å². The Labute approximate surface area is 96.3 Å². The number of carbonyl (C=O) groups excluding carboxylic acids is 1. The molecule has 0 spiro atoms. The maximum atomic E-state index is 11.2. The minimum Gasteiger partial charge on any atom is -0.544 e. The smallest absolute Gasteiger partial charge is 0.303 e. The van der Waals surface area contributed by atoms with Crippen LogP contribution >= 0.6 is 0 Å². The highest BCUT2D eigenvalue weighted by Gasteiger charge is 2.41. The lowest BCUT2D eigenvalue weighted by atomic mass is 9.91. The molecule has 0 aromatic rings. The second-order valence-electron chi connectivity index (χ2n) is 4.81. The SMILES string of the molecule is CC[N+](C)(C)C(C)(CCCC(=O)O)C(=O)[O-]. The van der Waals surface area contributed by atoms with Crippen molar-refractivity contribution in [1.29, 1.82) is 0 Å². The molecule has 0 fully saturated rings. The second kappa shape index (κ2) is 5.30. The quantitative estimate of drug-likeness (QED) is 0.618. The molecule has 0 aromatic carbocycles. The Bertz CT molecular complexity index is 275. The molecule has 0 amide bonds. The molecule has 1 unspecified atom stereocenters. The molecule has 0 saturated heterocycles. The maximum absolute atomic E-state index is 11.2. The number of nitrogens with zero attached hydrogens (tertiary/aromatic N) is 1. The average molecular weight is 231 g/mol. The van der Waals surface area contributed by atoms with Gasteiger partial charge in [-0.25, -0.2) is 0 Å². The minimum absolute atomic E-state index is 0.00736. The van der Waals surface area contributed by atoms with Crippen LogP contribution < -0.4 is 5.11 Å². The third-order valence-corrected chi connectivity index (χ3v) is 3.62. The van der Waals surface area contributed by atoms with Gasteiger partial charge in [0.2, 0.25) is 0 Å². The van der Waals surface area contributed by atoms with Crippen molar-refractivity contribution in [3.8, 4) is 0 Å². The maximum Gasteiger partial charge on any atom is 0.303 e. The Kier molecular flexibility index (Phi) is 4.93. The summed E-state index contributed by atoms with van der Waals surface area (Å²) in [6.07, 6.45) is 0.649. The van der Waals surface area contributed by atoms with Gasteiger partial charge in [0.25, 0.3) is 0 Å². The zero-order chi connectivity index (χ0) is 13.0. The van der Waals surface area contributed by atoms with Crippen LogP contribution in [0.5, 0.6) is 0 Å². The number of rotatable bonds is 7. The van der Waals surface area contributed by atoms with Gasteiger partial charge in [-0.2, -0.15) is 0 Å². The number of hydrogen-bond acceptors (Lipinski definition) is 3. The topological polar surface area (TPSA) is 77.4 Å². The van der Waals surface area contributed by atoms with E-state index in [0.29, 0.717) is 19.4 Å². The van der Waals surface area contributed by atoms with E-state index in [0.717, 1.165) is 0 Å². The van der Waals surface area contributed by atoms with E-state index in [1.165, 1.54) is 0 Å². The van der Waals surface area contributed by atoms with Crippen molar-refractivity contribution in [3.63, 3.8) is 0 Å². The molecular weight excluding hydrogens is 210 g/mol. The fraction of sp³-hybridized carbons (Fsp3) is 0.818. The van der Waals surface area contributed by atoms with Crippen molar-refractivity contribution in [1.82, 2.24) is 0 Å². The summed E-state index contributed by atoms with van der Waals surface area (Å²) in [5.41, 5.74) is -1.04. The molecule has 0 saturated carbocycles. The van der Waals surface area contributed by atoms with E-state index in [1.807, 2.05) is 21.0 Å². The van der Waals surface area contributed by atoms with Crippen molar-refractivity contribution < 1.29 is 24.3 Å². The largest absolute Gasteiger partial charge is 0.544 e. The van der Waals surface area contributed by atoms with Gasteiger partial charge in [-0.3, -0.25) is 4.79 Å². The highest BCUT2D eigenvalue weighted by molar-refractivity contribution is 5.74. The normalized spacial score (nSPS) is 15.5. The van der Waals surface area contributed by atoms with Crippen molar-refractivity contribution >= 4 is 11.9 Å². The molecule has 1 N–H and O–H groups in total. The number of carbonyl (C=O) groups is 2. The van der Waals surface area contributed by atoms with Crippen molar-refractivity contribution in [3.05, 3.63) is 0 Å². The van der Waals surface area contributed by atoms with Gasteiger partial charge >= 0.3 is 5.97 Å². The fourth-order valence-corrected chi connectivity index (χ4v) is 1.58. The molecule has 16 heavy (non-hydrogen) atoms. The van der Waals surface area contributed by atoms with E-state index in [1.54, 1.807) is 6.92 Å². The predicted molar refractivity (Wildman–Crippen MR) is 57.5 cm³/mol. The fourth-order valence-electron chi connectivity index (χ4n) is 1.58. The number of carboxylic acids is 2. The zero-order valence-electron chi connectivity index (χ0n) is 10.4. The van der Waals surface area contributed by atoms with Gasteiger partial charge in [-0.15, -0.1) is 0 Å². The van der Waals surface area contributed by atoms with Gasteiger partial charge in [-0.1, -0.05) is 0 Å². The number of carboxylic acid groups (broad SMARTS) is 2. The van der Waals surface area contributed by atoms with Crippen LogP contribution in [0.1, 0.15) is 33.1 Å². The van der Waals surface area contributed by atoms with Gasteiger partial charge in [0.05, 0.1) is 20.6 Å². The summed E-state index contributed by atoms with van der Waals surface area (Å²) >= 11 is 0. The summed E-state index contributed by atoms with van der Waals surface area (Å²) in [4.78, 5) is 21.6. The Balaban J connectivity index is 4.71. The molecule has 0 heterocycles. The lowest BCUT2D eigenvalue weighted by molar-refractivity contribution is -0.931. The first-order chi connectivity index (χ1) is 7.17. The molecule has 0 aromatic heterocycles. The number of hydrogen-bond donors (Lipinski definition) is 1. The first-order valence-electron chi connectivity index (χ1n) is 5.43. The van der Waals surface area contributed by atoms with Crippen LogP contribution in [0.3, 0.4) is 0 Å². The van der Waals surface area contributed by atoms with Crippen LogP contribution in [0.15, 0.2) is 0 Å². The monoisotopic (exact) mass is 231 g/mol. The van der Waals surface area contributed by atoms with Crippen LogP contribution in [0.25, 0.3) is 0 Å². The lowest BCUT2D eigenvalue weighted by Crippen LogP contribution is -2.66. The summed E-state index contributed by atoms with van der Waals surface area (Å²) in [5, 5.41) is 19.8. The molecule has 0 radical (unpaired) electrons. The third kappa shape index (κ3) is 3.20. The van der Waals surface area contributed by atoms with Gasteiger partial charge < -0.3 is 19.5 Å². The van der Waals surface area contributed by atoms with Crippen LogP contribution in [-0.4, -0.2) is 47.7 Å². The summed E-state index contributed by atoms with van der Waals surface area (Å²) < 4.78 is 0.287. The molecular formula is C11H21NO4. The minimum atomic E-state index is -1.12. The Morgan fingerprint density at radius 3 is 2.19 bits per heavy atom. The molecule has 0 aliphatic carbocycles. The van der Waals surface area contributed by atoms with E-state index in [9.17, 15) is 14.7 Å². The number of likely N-dealkylation sites (N-methyl/N-ethyl adjacent to an activating group) is 1. The summed E-state index contributed by atoms with van der Waals surface area (Å²) in [6, 6.07) is 0. The lowest BCUT2D eigenvalue weighted by Gasteiger charge is -2.46. The molecule has 5 heteroatoms. The molecule has 1 atom stereocenters. The first kappa shape index (κ1) is 14.9.